The van der Waals surface area contributed by atoms with Crippen LogP contribution in [0.25, 0.3) is 0 Å². The minimum Gasteiger partial charge on any atom is -0.249 e. The second-order valence-corrected chi connectivity index (χ2v) is 2.78. The van der Waals surface area contributed by atoms with Crippen molar-refractivity contribution in [2.45, 2.75) is 24.1 Å². The summed E-state index contributed by atoms with van der Waals surface area (Å²) in [6.45, 7) is 0. The second kappa shape index (κ2) is 4.37. The van der Waals surface area contributed by atoms with Crippen molar-refractivity contribution in [3.8, 4) is 0 Å². The SMILES string of the molecule is [B]C([B])([B])C(F)CCCS. The molecule has 0 aliphatic rings. The van der Waals surface area contributed by atoms with Crippen molar-refractivity contribution < 1.29 is 4.39 Å². The van der Waals surface area contributed by atoms with E-state index >= 15 is 0 Å². The maximum atomic E-state index is 12.7. The highest BCUT2D eigenvalue weighted by Gasteiger charge is 2.21. The quantitative estimate of drug-likeness (QED) is 0.442. The van der Waals surface area contributed by atoms with Gasteiger partial charge in [0.15, 0.2) is 0 Å². The van der Waals surface area contributed by atoms with Crippen molar-refractivity contribution in [2.75, 3.05) is 5.75 Å². The number of alkyl halides is 1. The molecule has 0 aromatic carbocycles. The van der Waals surface area contributed by atoms with Gasteiger partial charge in [0.05, 0.1) is 29.7 Å². The summed E-state index contributed by atoms with van der Waals surface area (Å²) in [5, 5.41) is -1.69. The van der Waals surface area contributed by atoms with E-state index in [-0.39, 0.29) is 6.42 Å². The Morgan fingerprint density at radius 1 is 1.40 bits per heavy atom. The van der Waals surface area contributed by atoms with Crippen molar-refractivity contribution in [1.29, 1.82) is 0 Å². The largest absolute Gasteiger partial charge is 0.249 e. The van der Waals surface area contributed by atoms with Crippen LogP contribution >= 0.6 is 12.6 Å². The molecule has 0 rings (SSSR count). The van der Waals surface area contributed by atoms with Gasteiger partial charge < -0.3 is 0 Å². The molecule has 10 heavy (non-hydrogen) atoms. The van der Waals surface area contributed by atoms with Crippen molar-refractivity contribution in [3.05, 3.63) is 0 Å². The normalized spacial score (nSPS) is 15.0. The summed E-state index contributed by atoms with van der Waals surface area (Å²) in [5.74, 6) is 0.622. The zero-order valence-corrected chi connectivity index (χ0v) is 6.65. The molecule has 0 saturated carbocycles. The zero-order valence-electron chi connectivity index (χ0n) is 5.76. The lowest BCUT2D eigenvalue weighted by Crippen LogP contribution is -2.26. The average Bonchev–Trinajstić information content (AvgIpc) is 1.80. The van der Waals surface area contributed by atoms with E-state index in [1.807, 2.05) is 0 Å². The Kier molecular flexibility index (Phi) is 4.58. The Hall–Kier alpha value is 0.475. The zero-order chi connectivity index (χ0) is 8.20. The summed E-state index contributed by atoms with van der Waals surface area (Å²) in [7, 11) is 15.2. The fourth-order valence-corrected chi connectivity index (χ4v) is 0.703. The van der Waals surface area contributed by atoms with Gasteiger partial charge in [-0.1, -0.05) is 0 Å². The number of thiol groups is 1. The highest BCUT2D eigenvalue weighted by molar-refractivity contribution is 7.80. The molecule has 0 spiro atoms. The Balaban J connectivity index is 3.52. The topological polar surface area (TPSA) is 0 Å². The third-order valence-electron chi connectivity index (χ3n) is 1.16. The lowest BCUT2D eigenvalue weighted by atomic mass is 9.40. The molecule has 1 atom stereocenters. The van der Waals surface area contributed by atoms with Crippen LogP contribution in [0.2, 0.25) is 5.11 Å². The third-order valence-corrected chi connectivity index (χ3v) is 1.47. The molecule has 0 aliphatic carbocycles. The van der Waals surface area contributed by atoms with Gasteiger partial charge in [0.2, 0.25) is 0 Å². The summed E-state index contributed by atoms with van der Waals surface area (Å²) < 4.78 is 12.7. The molecule has 0 saturated heterocycles. The summed E-state index contributed by atoms with van der Waals surface area (Å²) in [4.78, 5) is 0. The predicted molar refractivity (Wildman–Crippen MR) is 47.9 cm³/mol. The van der Waals surface area contributed by atoms with E-state index in [0.717, 1.165) is 0 Å². The summed E-state index contributed by atoms with van der Waals surface area (Å²) in [5.41, 5.74) is 0. The fraction of sp³-hybridized carbons (Fsp3) is 1.00. The van der Waals surface area contributed by atoms with Crippen LogP contribution in [0.3, 0.4) is 0 Å². The fourth-order valence-electron chi connectivity index (χ4n) is 0.521. The number of hydrogen-bond acceptors (Lipinski definition) is 1. The van der Waals surface area contributed by atoms with Crippen LogP contribution in [0.1, 0.15) is 12.8 Å². The molecule has 0 nitrogen and oxygen atoms in total. The van der Waals surface area contributed by atoms with Gasteiger partial charge in [-0.15, -0.1) is 5.11 Å². The molecule has 0 fully saturated rings. The summed E-state index contributed by atoms with van der Waals surface area (Å²) in [6.07, 6.45) is -0.440. The van der Waals surface area contributed by atoms with E-state index < -0.39 is 11.3 Å². The van der Waals surface area contributed by atoms with Gasteiger partial charge in [-0.2, -0.15) is 12.6 Å². The minimum absolute atomic E-state index is 0.271. The molecule has 0 heterocycles. The molecule has 1 unspecified atom stereocenters. The van der Waals surface area contributed by atoms with Crippen LogP contribution in [0.5, 0.6) is 0 Å². The molecule has 6 radical (unpaired) electrons. The summed E-state index contributed by atoms with van der Waals surface area (Å²) in [6, 6.07) is 0. The molecule has 0 aliphatic heterocycles. The van der Waals surface area contributed by atoms with Gasteiger partial charge in [0.25, 0.3) is 0 Å². The van der Waals surface area contributed by atoms with Crippen molar-refractivity contribution in [1.82, 2.24) is 0 Å². The lowest BCUT2D eigenvalue weighted by Gasteiger charge is -2.24. The predicted octanol–water partition coefficient (Wildman–Crippen LogP) is 0.614. The van der Waals surface area contributed by atoms with E-state index in [4.69, 9.17) is 23.5 Å². The van der Waals surface area contributed by atoms with Crippen LogP contribution in [0.4, 0.5) is 4.39 Å². The average molecular weight is 152 g/mol. The van der Waals surface area contributed by atoms with Crippen molar-refractivity contribution >= 4 is 36.2 Å². The van der Waals surface area contributed by atoms with Gasteiger partial charge in [0.1, 0.15) is 0 Å². The van der Waals surface area contributed by atoms with Crippen LogP contribution in [-0.4, -0.2) is 35.5 Å². The molecule has 5 heteroatoms. The molecular weight excluding hydrogens is 144 g/mol. The first-order valence-corrected chi connectivity index (χ1v) is 3.73. The van der Waals surface area contributed by atoms with Gasteiger partial charge in [-0.25, -0.2) is 4.39 Å². The molecular formula is C5H8B3FS. The molecule has 0 aromatic heterocycles. The standard InChI is InChI=1S/C5H8B3FS/c6-5(7,8)4(9)2-1-3-10/h4,10H,1-3H2. The first kappa shape index (κ1) is 10.5. The molecule has 0 aromatic rings. The maximum Gasteiger partial charge on any atom is 0.0834 e. The van der Waals surface area contributed by atoms with Crippen LogP contribution in [0, 0.1) is 0 Å². The van der Waals surface area contributed by atoms with Gasteiger partial charge in [0, 0.05) is 0 Å². The van der Waals surface area contributed by atoms with Gasteiger partial charge in [-0.3, -0.25) is 0 Å². The number of rotatable bonds is 4. The Morgan fingerprint density at radius 3 is 2.20 bits per heavy atom. The van der Waals surface area contributed by atoms with Crippen LogP contribution in [0.15, 0.2) is 0 Å². The first-order valence-electron chi connectivity index (χ1n) is 3.10. The third kappa shape index (κ3) is 4.32. The van der Waals surface area contributed by atoms with E-state index in [2.05, 4.69) is 12.6 Å². The lowest BCUT2D eigenvalue weighted by molar-refractivity contribution is 0.313. The molecule has 50 valence electrons. The van der Waals surface area contributed by atoms with E-state index in [0.29, 0.717) is 12.2 Å². The minimum atomic E-state index is -1.69. The molecule has 0 N–H and O–H groups in total. The highest BCUT2D eigenvalue weighted by atomic mass is 32.1. The Bertz CT molecular complexity index is 93.4. The Labute approximate surface area is 71.0 Å². The van der Waals surface area contributed by atoms with Crippen molar-refractivity contribution in [3.63, 3.8) is 0 Å². The van der Waals surface area contributed by atoms with E-state index in [1.54, 1.807) is 0 Å². The van der Waals surface area contributed by atoms with Crippen LogP contribution < -0.4 is 0 Å². The second-order valence-electron chi connectivity index (χ2n) is 2.33. The van der Waals surface area contributed by atoms with Gasteiger partial charge in [-0.05, 0) is 18.6 Å². The monoisotopic (exact) mass is 152 g/mol. The van der Waals surface area contributed by atoms with E-state index in [9.17, 15) is 4.39 Å². The smallest absolute Gasteiger partial charge is 0.0834 e. The Morgan fingerprint density at radius 2 is 1.90 bits per heavy atom. The number of hydrogen-bond donors (Lipinski definition) is 1. The number of halogens is 1. The van der Waals surface area contributed by atoms with Crippen molar-refractivity contribution in [2.24, 2.45) is 0 Å². The maximum absolute atomic E-state index is 12.7. The highest BCUT2D eigenvalue weighted by Crippen LogP contribution is 2.23. The molecule has 0 amide bonds. The van der Waals surface area contributed by atoms with Gasteiger partial charge >= 0.3 is 0 Å². The molecule has 0 bridgehead atoms. The van der Waals surface area contributed by atoms with E-state index in [1.165, 1.54) is 0 Å². The first-order chi connectivity index (χ1) is 4.48. The van der Waals surface area contributed by atoms with Crippen LogP contribution in [-0.2, 0) is 0 Å². The summed E-state index contributed by atoms with van der Waals surface area (Å²) >= 11 is 3.90.